The molecule has 5 nitrogen and oxygen atoms in total. The van der Waals surface area contributed by atoms with Crippen molar-refractivity contribution in [3.8, 4) is 0 Å². The molecule has 0 radical (unpaired) electrons. The molecule has 1 atom stereocenters. The van der Waals surface area contributed by atoms with E-state index in [0.717, 1.165) is 35.4 Å². The third-order valence-corrected chi connectivity index (χ3v) is 4.47. The number of benzene rings is 2. The molecule has 1 amide bonds. The summed E-state index contributed by atoms with van der Waals surface area (Å²) in [5, 5.41) is 13.6. The van der Waals surface area contributed by atoms with E-state index in [-0.39, 0.29) is 12.0 Å². The summed E-state index contributed by atoms with van der Waals surface area (Å²) >= 11 is 0. The topological polar surface area (TPSA) is 65.5 Å². The molecule has 0 saturated carbocycles. The van der Waals surface area contributed by atoms with E-state index in [1.165, 1.54) is 0 Å². The highest BCUT2D eigenvalue weighted by molar-refractivity contribution is 6.13. The van der Waals surface area contributed by atoms with Gasteiger partial charge in [-0.25, -0.2) is 4.98 Å². The highest BCUT2D eigenvalue weighted by Crippen LogP contribution is 2.26. The van der Waals surface area contributed by atoms with Gasteiger partial charge in [-0.1, -0.05) is 36.4 Å². The number of anilines is 2. The Labute approximate surface area is 145 Å². The van der Waals surface area contributed by atoms with Crippen molar-refractivity contribution in [3.05, 3.63) is 66.2 Å². The quantitative estimate of drug-likeness (QED) is 0.773. The van der Waals surface area contributed by atoms with Crippen LogP contribution < -0.4 is 10.2 Å². The van der Waals surface area contributed by atoms with Crippen molar-refractivity contribution in [2.45, 2.75) is 12.5 Å². The number of carbonyl (C=O) groups excluding carboxylic acids is 1. The summed E-state index contributed by atoms with van der Waals surface area (Å²) < 4.78 is 0. The Hall–Kier alpha value is -2.92. The average Bonchev–Trinajstić information content (AvgIpc) is 3.08. The maximum atomic E-state index is 12.9. The molecule has 0 bridgehead atoms. The first-order valence-corrected chi connectivity index (χ1v) is 8.40. The fourth-order valence-electron chi connectivity index (χ4n) is 3.18. The standard InChI is InChI=1S/C20H19N3O2/c24-15-10-11-23(13-15)19-12-17(16-8-4-5-9-18(16)22-19)20(25)21-14-6-2-1-3-7-14/h1-9,12,15,24H,10-11,13H2,(H,21,25). The minimum atomic E-state index is -0.338. The van der Waals surface area contributed by atoms with Crippen molar-refractivity contribution in [1.29, 1.82) is 0 Å². The van der Waals surface area contributed by atoms with Crippen LogP contribution in [0.15, 0.2) is 60.7 Å². The Morgan fingerprint density at radius 3 is 2.64 bits per heavy atom. The summed E-state index contributed by atoms with van der Waals surface area (Å²) in [6.07, 6.45) is 0.384. The first-order chi connectivity index (χ1) is 12.2. The molecule has 0 spiro atoms. The number of aliphatic hydroxyl groups is 1. The molecule has 1 fully saturated rings. The van der Waals surface area contributed by atoms with Crippen LogP contribution >= 0.6 is 0 Å². The zero-order chi connectivity index (χ0) is 17.2. The maximum absolute atomic E-state index is 12.9. The van der Waals surface area contributed by atoms with Crippen molar-refractivity contribution in [3.63, 3.8) is 0 Å². The van der Waals surface area contributed by atoms with E-state index in [1.807, 2.05) is 65.6 Å². The summed E-state index contributed by atoms with van der Waals surface area (Å²) in [4.78, 5) is 19.6. The molecular weight excluding hydrogens is 314 g/mol. The predicted molar refractivity (Wildman–Crippen MR) is 99.0 cm³/mol. The minimum Gasteiger partial charge on any atom is -0.391 e. The normalized spacial score (nSPS) is 17.0. The molecule has 1 aliphatic rings. The Morgan fingerprint density at radius 2 is 1.88 bits per heavy atom. The van der Waals surface area contributed by atoms with Crippen molar-refractivity contribution in [2.75, 3.05) is 23.3 Å². The van der Waals surface area contributed by atoms with Gasteiger partial charge in [0.2, 0.25) is 0 Å². The molecule has 3 aromatic rings. The van der Waals surface area contributed by atoms with Gasteiger partial charge < -0.3 is 15.3 Å². The monoisotopic (exact) mass is 333 g/mol. The van der Waals surface area contributed by atoms with Gasteiger partial charge in [-0.2, -0.15) is 0 Å². The fraction of sp³-hybridized carbons (Fsp3) is 0.200. The Bertz CT molecular complexity index is 911. The van der Waals surface area contributed by atoms with Gasteiger partial charge in [0.15, 0.2) is 0 Å². The number of carbonyl (C=O) groups is 1. The van der Waals surface area contributed by atoms with E-state index in [4.69, 9.17) is 0 Å². The molecule has 5 heteroatoms. The number of hydrogen-bond acceptors (Lipinski definition) is 4. The fourth-order valence-corrected chi connectivity index (χ4v) is 3.18. The van der Waals surface area contributed by atoms with E-state index in [2.05, 4.69) is 10.3 Å². The van der Waals surface area contributed by atoms with Gasteiger partial charge in [0, 0.05) is 24.2 Å². The SMILES string of the molecule is O=C(Nc1ccccc1)c1cc(N2CCC(O)C2)nc2ccccc12. The van der Waals surface area contributed by atoms with Crippen LogP contribution in [0.5, 0.6) is 0 Å². The lowest BCUT2D eigenvalue weighted by Gasteiger charge is -2.18. The molecule has 126 valence electrons. The number of pyridine rings is 1. The van der Waals surface area contributed by atoms with Crippen molar-refractivity contribution in [2.24, 2.45) is 0 Å². The Balaban J connectivity index is 1.74. The second-order valence-corrected chi connectivity index (χ2v) is 6.25. The first-order valence-electron chi connectivity index (χ1n) is 8.40. The van der Waals surface area contributed by atoms with Crippen LogP contribution in [0.2, 0.25) is 0 Å². The molecule has 2 heterocycles. The van der Waals surface area contributed by atoms with E-state index in [1.54, 1.807) is 0 Å². The summed E-state index contributed by atoms with van der Waals surface area (Å²) in [6, 6.07) is 18.9. The zero-order valence-electron chi connectivity index (χ0n) is 13.7. The molecule has 0 aliphatic carbocycles. The van der Waals surface area contributed by atoms with Gasteiger partial charge in [-0.15, -0.1) is 0 Å². The molecule has 1 aliphatic heterocycles. The summed E-state index contributed by atoms with van der Waals surface area (Å²) in [5.74, 6) is 0.569. The van der Waals surface area contributed by atoms with Gasteiger partial charge in [-0.3, -0.25) is 4.79 Å². The van der Waals surface area contributed by atoms with Gasteiger partial charge in [0.25, 0.3) is 5.91 Å². The third-order valence-electron chi connectivity index (χ3n) is 4.47. The average molecular weight is 333 g/mol. The third kappa shape index (κ3) is 3.19. The van der Waals surface area contributed by atoms with Gasteiger partial charge in [-0.05, 0) is 30.7 Å². The predicted octanol–water partition coefficient (Wildman–Crippen LogP) is 3.06. The van der Waals surface area contributed by atoms with Crippen molar-refractivity contribution >= 4 is 28.3 Å². The summed E-state index contributed by atoms with van der Waals surface area (Å²) in [6.45, 7) is 1.29. The van der Waals surface area contributed by atoms with E-state index < -0.39 is 0 Å². The lowest BCUT2D eigenvalue weighted by Crippen LogP contribution is -2.23. The molecule has 1 saturated heterocycles. The molecule has 2 aromatic carbocycles. The van der Waals surface area contributed by atoms with E-state index in [0.29, 0.717) is 12.1 Å². The molecule has 1 unspecified atom stereocenters. The Kier molecular flexibility index (Phi) is 4.07. The number of amides is 1. The number of hydrogen-bond donors (Lipinski definition) is 2. The first kappa shape index (κ1) is 15.6. The zero-order valence-corrected chi connectivity index (χ0v) is 13.7. The minimum absolute atomic E-state index is 0.161. The number of aliphatic hydroxyl groups excluding tert-OH is 1. The second-order valence-electron chi connectivity index (χ2n) is 6.25. The van der Waals surface area contributed by atoms with Crippen LogP contribution in [-0.4, -0.2) is 35.2 Å². The highest BCUT2D eigenvalue weighted by Gasteiger charge is 2.23. The highest BCUT2D eigenvalue weighted by atomic mass is 16.3. The number of rotatable bonds is 3. The van der Waals surface area contributed by atoms with Crippen LogP contribution in [-0.2, 0) is 0 Å². The summed E-state index contributed by atoms with van der Waals surface area (Å²) in [7, 11) is 0. The van der Waals surface area contributed by atoms with Gasteiger partial charge in [0.05, 0.1) is 17.2 Å². The lowest BCUT2D eigenvalue weighted by atomic mass is 10.1. The van der Waals surface area contributed by atoms with Crippen LogP contribution in [0.25, 0.3) is 10.9 Å². The molecule has 1 aromatic heterocycles. The van der Waals surface area contributed by atoms with Gasteiger partial charge >= 0.3 is 0 Å². The second kappa shape index (κ2) is 6.53. The van der Waals surface area contributed by atoms with E-state index in [9.17, 15) is 9.90 Å². The largest absolute Gasteiger partial charge is 0.391 e. The number of aromatic nitrogens is 1. The van der Waals surface area contributed by atoms with E-state index >= 15 is 0 Å². The number of nitrogens with one attached hydrogen (secondary N) is 1. The lowest BCUT2D eigenvalue weighted by molar-refractivity contribution is 0.102. The molecule has 25 heavy (non-hydrogen) atoms. The molecular formula is C20H19N3O2. The number of nitrogens with zero attached hydrogens (tertiary/aromatic N) is 2. The number of fused-ring (bicyclic) bond motifs is 1. The summed E-state index contributed by atoms with van der Waals surface area (Å²) in [5.41, 5.74) is 2.12. The van der Waals surface area contributed by atoms with Crippen LogP contribution in [0.3, 0.4) is 0 Å². The van der Waals surface area contributed by atoms with Crippen LogP contribution in [0.1, 0.15) is 16.8 Å². The van der Waals surface area contributed by atoms with Crippen LogP contribution in [0.4, 0.5) is 11.5 Å². The number of β-amino-alcohol motifs (C(OH)–C–C–N with tert-alkyl or cyclic N) is 1. The maximum Gasteiger partial charge on any atom is 0.256 e. The molecule has 4 rings (SSSR count). The van der Waals surface area contributed by atoms with Crippen LogP contribution in [0, 0.1) is 0 Å². The smallest absolute Gasteiger partial charge is 0.256 e. The van der Waals surface area contributed by atoms with Gasteiger partial charge in [0.1, 0.15) is 5.82 Å². The van der Waals surface area contributed by atoms with Crippen molar-refractivity contribution < 1.29 is 9.90 Å². The van der Waals surface area contributed by atoms with Crippen molar-refractivity contribution in [1.82, 2.24) is 4.98 Å². The number of para-hydroxylation sites is 2. The Morgan fingerprint density at radius 1 is 1.12 bits per heavy atom. The molecule has 2 N–H and O–H groups in total.